The summed E-state index contributed by atoms with van der Waals surface area (Å²) in [5, 5.41) is 1.45. The number of aromatic nitrogens is 1. The van der Waals surface area contributed by atoms with Crippen LogP contribution in [0.4, 0.5) is 0 Å². The zero-order valence-corrected chi connectivity index (χ0v) is 14.2. The molecule has 118 valence electrons. The highest BCUT2D eigenvalue weighted by Crippen LogP contribution is 2.23. The van der Waals surface area contributed by atoms with E-state index >= 15 is 0 Å². The summed E-state index contributed by atoms with van der Waals surface area (Å²) in [5.41, 5.74) is 2.12. The van der Waals surface area contributed by atoms with Gasteiger partial charge in [-0.05, 0) is 49.0 Å². The predicted octanol–water partition coefficient (Wildman–Crippen LogP) is 5.28. The van der Waals surface area contributed by atoms with Gasteiger partial charge in [0.15, 0.2) is 5.76 Å². The maximum absolute atomic E-state index is 6.01. The van der Waals surface area contributed by atoms with E-state index in [0.717, 1.165) is 28.5 Å². The summed E-state index contributed by atoms with van der Waals surface area (Å²) in [6, 6.07) is 15.4. The molecular weight excluding hydrogens is 331 g/mol. The van der Waals surface area contributed by atoms with Crippen LogP contribution < -0.4 is 0 Å². The molecule has 23 heavy (non-hydrogen) atoms. The van der Waals surface area contributed by atoms with Gasteiger partial charge < -0.3 is 4.42 Å². The fourth-order valence-corrected chi connectivity index (χ4v) is 2.70. The van der Waals surface area contributed by atoms with Crippen LogP contribution in [-0.2, 0) is 13.1 Å². The molecule has 1 heterocycles. The molecule has 0 aliphatic rings. The van der Waals surface area contributed by atoms with Gasteiger partial charge in [0.05, 0.1) is 12.7 Å². The van der Waals surface area contributed by atoms with E-state index in [1.54, 1.807) is 6.20 Å². The van der Waals surface area contributed by atoms with Crippen molar-refractivity contribution >= 4 is 23.2 Å². The molecule has 3 nitrogen and oxygen atoms in total. The Bertz CT molecular complexity index is 784. The summed E-state index contributed by atoms with van der Waals surface area (Å²) in [7, 11) is 2.02. The maximum Gasteiger partial charge on any atom is 0.209 e. The molecule has 0 saturated heterocycles. The van der Waals surface area contributed by atoms with Gasteiger partial charge in [-0.3, -0.25) is 4.90 Å². The summed E-state index contributed by atoms with van der Waals surface area (Å²) in [4.78, 5) is 6.47. The van der Waals surface area contributed by atoms with Crippen molar-refractivity contribution < 1.29 is 4.42 Å². The van der Waals surface area contributed by atoms with Gasteiger partial charge in [-0.1, -0.05) is 35.3 Å². The van der Waals surface area contributed by atoms with Crippen molar-refractivity contribution in [1.82, 2.24) is 9.88 Å². The van der Waals surface area contributed by atoms with Crippen molar-refractivity contribution in [3.8, 4) is 11.3 Å². The van der Waals surface area contributed by atoms with Gasteiger partial charge in [0.25, 0.3) is 0 Å². The van der Waals surface area contributed by atoms with E-state index in [0.29, 0.717) is 17.5 Å². The average Bonchev–Trinajstić information content (AvgIpc) is 2.96. The Hall–Kier alpha value is -1.81. The molecule has 0 amide bonds. The predicted molar refractivity (Wildman–Crippen MR) is 93.6 cm³/mol. The summed E-state index contributed by atoms with van der Waals surface area (Å²) >= 11 is 11.9. The summed E-state index contributed by atoms with van der Waals surface area (Å²) in [6.45, 7) is 1.40. The smallest absolute Gasteiger partial charge is 0.209 e. The van der Waals surface area contributed by atoms with E-state index in [1.807, 2.05) is 49.5 Å². The van der Waals surface area contributed by atoms with Gasteiger partial charge in [0.1, 0.15) is 0 Å². The molecule has 5 heteroatoms. The summed E-state index contributed by atoms with van der Waals surface area (Å²) < 4.78 is 5.82. The molecule has 0 fully saturated rings. The first kappa shape index (κ1) is 16.1. The molecule has 0 aliphatic heterocycles. The van der Waals surface area contributed by atoms with Gasteiger partial charge >= 0.3 is 0 Å². The zero-order chi connectivity index (χ0) is 16.2. The lowest BCUT2D eigenvalue weighted by Gasteiger charge is -2.14. The summed E-state index contributed by atoms with van der Waals surface area (Å²) in [5.74, 6) is 1.42. The van der Waals surface area contributed by atoms with Crippen molar-refractivity contribution in [3.05, 3.63) is 76.2 Å². The normalized spacial score (nSPS) is 11.1. The van der Waals surface area contributed by atoms with E-state index in [4.69, 9.17) is 27.6 Å². The van der Waals surface area contributed by atoms with Crippen molar-refractivity contribution in [2.45, 2.75) is 13.1 Å². The van der Waals surface area contributed by atoms with E-state index < -0.39 is 0 Å². The van der Waals surface area contributed by atoms with Crippen molar-refractivity contribution in [2.24, 2.45) is 0 Å². The van der Waals surface area contributed by atoms with E-state index in [9.17, 15) is 0 Å². The van der Waals surface area contributed by atoms with E-state index in [-0.39, 0.29) is 0 Å². The van der Waals surface area contributed by atoms with Crippen LogP contribution in [0.1, 0.15) is 11.5 Å². The van der Waals surface area contributed by atoms with Crippen LogP contribution in [-0.4, -0.2) is 16.9 Å². The Morgan fingerprint density at radius 1 is 1.00 bits per heavy atom. The minimum atomic E-state index is 0.625. The van der Waals surface area contributed by atoms with Crippen LogP contribution in [0.5, 0.6) is 0 Å². The lowest BCUT2D eigenvalue weighted by atomic mass is 10.2. The standard InChI is InChI=1S/C18H16Cl2N2O/c1-22(11-13-3-2-4-16(20)9-13)12-18-21-10-17(23-18)14-5-7-15(19)8-6-14/h2-10H,11-12H2,1H3. The Morgan fingerprint density at radius 3 is 2.52 bits per heavy atom. The van der Waals surface area contributed by atoms with Crippen LogP contribution in [0, 0.1) is 0 Å². The van der Waals surface area contributed by atoms with Gasteiger partial charge in [-0.25, -0.2) is 4.98 Å². The first-order valence-electron chi connectivity index (χ1n) is 7.24. The Balaban J connectivity index is 1.65. The van der Waals surface area contributed by atoms with Gasteiger partial charge in [0.2, 0.25) is 5.89 Å². The molecule has 3 rings (SSSR count). The third kappa shape index (κ3) is 4.35. The quantitative estimate of drug-likeness (QED) is 0.629. The third-order valence-electron chi connectivity index (χ3n) is 3.43. The SMILES string of the molecule is CN(Cc1cccc(Cl)c1)Cc1ncc(-c2ccc(Cl)cc2)o1. The maximum atomic E-state index is 6.01. The van der Waals surface area contributed by atoms with Crippen LogP contribution in [0.25, 0.3) is 11.3 Å². The lowest BCUT2D eigenvalue weighted by Crippen LogP contribution is -2.17. The molecule has 2 aromatic carbocycles. The van der Waals surface area contributed by atoms with Gasteiger partial charge in [-0.15, -0.1) is 0 Å². The Morgan fingerprint density at radius 2 is 1.78 bits per heavy atom. The van der Waals surface area contributed by atoms with Crippen molar-refractivity contribution in [2.75, 3.05) is 7.05 Å². The fourth-order valence-electron chi connectivity index (χ4n) is 2.36. The Labute approximate surface area is 145 Å². The number of oxazole rings is 1. The molecule has 0 N–H and O–H groups in total. The van der Waals surface area contributed by atoms with Crippen LogP contribution >= 0.6 is 23.2 Å². The summed E-state index contributed by atoms with van der Waals surface area (Å²) in [6.07, 6.45) is 1.74. The molecule has 0 atom stereocenters. The molecule has 1 aromatic heterocycles. The number of rotatable bonds is 5. The minimum Gasteiger partial charge on any atom is -0.439 e. The van der Waals surface area contributed by atoms with Crippen LogP contribution in [0.3, 0.4) is 0 Å². The third-order valence-corrected chi connectivity index (χ3v) is 3.92. The molecule has 0 aliphatic carbocycles. The molecule has 0 spiro atoms. The molecule has 3 aromatic rings. The van der Waals surface area contributed by atoms with E-state index in [1.165, 1.54) is 0 Å². The highest BCUT2D eigenvalue weighted by atomic mass is 35.5. The number of nitrogens with zero attached hydrogens (tertiary/aromatic N) is 2. The molecule has 0 saturated carbocycles. The van der Waals surface area contributed by atoms with E-state index in [2.05, 4.69) is 16.0 Å². The second-order valence-corrected chi connectivity index (χ2v) is 6.30. The molecule has 0 radical (unpaired) electrons. The molecule has 0 bridgehead atoms. The van der Waals surface area contributed by atoms with Crippen LogP contribution in [0.2, 0.25) is 10.0 Å². The highest BCUT2D eigenvalue weighted by Gasteiger charge is 2.09. The zero-order valence-electron chi connectivity index (χ0n) is 12.7. The number of hydrogen-bond donors (Lipinski definition) is 0. The van der Waals surface area contributed by atoms with Gasteiger partial charge in [-0.2, -0.15) is 0 Å². The largest absolute Gasteiger partial charge is 0.439 e. The number of benzene rings is 2. The fraction of sp³-hybridized carbons (Fsp3) is 0.167. The highest BCUT2D eigenvalue weighted by molar-refractivity contribution is 6.30. The monoisotopic (exact) mass is 346 g/mol. The first-order chi connectivity index (χ1) is 11.1. The van der Waals surface area contributed by atoms with Crippen LogP contribution in [0.15, 0.2) is 59.1 Å². The molecular formula is C18H16Cl2N2O. The number of hydrogen-bond acceptors (Lipinski definition) is 3. The van der Waals surface area contributed by atoms with Crippen molar-refractivity contribution in [3.63, 3.8) is 0 Å². The first-order valence-corrected chi connectivity index (χ1v) is 7.99. The number of halogens is 2. The topological polar surface area (TPSA) is 29.3 Å². The average molecular weight is 347 g/mol. The van der Waals surface area contributed by atoms with Crippen molar-refractivity contribution in [1.29, 1.82) is 0 Å². The minimum absolute atomic E-state index is 0.625. The molecule has 0 unspecified atom stereocenters. The second-order valence-electron chi connectivity index (χ2n) is 5.43. The lowest BCUT2D eigenvalue weighted by molar-refractivity contribution is 0.283. The second kappa shape index (κ2) is 7.18. The Kier molecular flexibility index (Phi) is 5.01. The van der Waals surface area contributed by atoms with Gasteiger partial charge in [0, 0.05) is 22.2 Å².